The van der Waals surface area contributed by atoms with Crippen molar-refractivity contribution in [1.82, 2.24) is 4.72 Å². The smallest absolute Gasteiger partial charge is 0.240 e. The number of aliphatic hydroxyl groups excluding tert-OH is 1. The van der Waals surface area contributed by atoms with E-state index >= 15 is 0 Å². The molecule has 0 saturated carbocycles. The Labute approximate surface area is 101 Å². The third-order valence-corrected chi connectivity index (χ3v) is 3.77. The molecule has 94 valence electrons. The molecule has 0 bridgehead atoms. The van der Waals surface area contributed by atoms with Gasteiger partial charge in [-0.15, -0.1) is 0 Å². The van der Waals surface area contributed by atoms with Crippen molar-refractivity contribution in [1.29, 1.82) is 0 Å². The lowest BCUT2D eigenvalue weighted by Crippen LogP contribution is -2.35. The molecular formula is C11H15NO4S. The topological polar surface area (TPSA) is 83.5 Å². The summed E-state index contributed by atoms with van der Waals surface area (Å²) in [5.41, 5.74) is 0.338. The first-order chi connectivity index (χ1) is 7.86. The zero-order valence-electron chi connectivity index (χ0n) is 9.67. The molecule has 0 amide bonds. The summed E-state index contributed by atoms with van der Waals surface area (Å²) in [5.74, 6) is -0.197. The minimum Gasteiger partial charge on any atom is -0.395 e. The predicted molar refractivity (Wildman–Crippen MR) is 63.3 cm³/mol. The van der Waals surface area contributed by atoms with Gasteiger partial charge in [-0.1, -0.05) is 12.1 Å². The monoisotopic (exact) mass is 257 g/mol. The Bertz CT molecular complexity index is 510. The largest absolute Gasteiger partial charge is 0.395 e. The van der Waals surface area contributed by atoms with E-state index in [0.717, 1.165) is 0 Å². The van der Waals surface area contributed by atoms with E-state index in [2.05, 4.69) is 4.72 Å². The number of sulfonamides is 1. The van der Waals surface area contributed by atoms with E-state index < -0.39 is 16.1 Å². The average Bonchev–Trinajstić information content (AvgIpc) is 2.28. The summed E-state index contributed by atoms with van der Waals surface area (Å²) in [7, 11) is -3.69. The summed E-state index contributed by atoms with van der Waals surface area (Å²) in [4.78, 5) is 11.2. The van der Waals surface area contributed by atoms with Crippen LogP contribution in [-0.4, -0.2) is 32.0 Å². The fourth-order valence-electron chi connectivity index (χ4n) is 1.25. The van der Waals surface area contributed by atoms with E-state index in [1.54, 1.807) is 13.0 Å². The molecule has 6 heteroatoms. The lowest BCUT2D eigenvalue weighted by molar-refractivity contribution is 0.101. The van der Waals surface area contributed by atoms with Crippen LogP contribution in [0.1, 0.15) is 24.2 Å². The Hall–Kier alpha value is -1.24. The molecule has 1 rings (SSSR count). The number of aliphatic hydroxyl groups is 1. The summed E-state index contributed by atoms with van der Waals surface area (Å²) in [6.07, 6.45) is 0. The van der Waals surface area contributed by atoms with Crippen molar-refractivity contribution in [3.05, 3.63) is 29.8 Å². The van der Waals surface area contributed by atoms with Crippen molar-refractivity contribution in [3.63, 3.8) is 0 Å². The normalized spacial score (nSPS) is 13.4. The molecule has 1 unspecified atom stereocenters. The minimum absolute atomic E-state index is 0.0190. The van der Waals surface area contributed by atoms with Crippen molar-refractivity contribution in [2.75, 3.05) is 6.61 Å². The highest BCUT2D eigenvalue weighted by Crippen LogP contribution is 2.12. The summed E-state index contributed by atoms with van der Waals surface area (Å²) >= 11 is 0. The van der Waals surface area contributed by atoms with Crippen LogP contribution < -0.4 is 4.72 Å². The maximum absolute atomic E-state index is 11.8. The van der Waals surface area contributed by atoms with Gasteiger partial charge >= 0.3 is 0 Å². The van der Waals surface area contributed by atoms with Crippen LogP contribution >= 0.6 is 0 Å². The molecule has 17 heavy (non-hydrogen) atoms. The Morgan fingerprint density at radius 3 is 2.65 bits per heavy atom. The summed E-state index contributed by atoms with van der Waals surface area (Å²) in [6, 6.07) is 5.21. The molecule has 0 radical (unpaired) electrons. The lowest BCUT2D eigenvalue weighted by atomic mass is 10.2. The van der Waals surface area contributed by atoms with E-state index in [9.17, 15) is 13.2 Å². The first-order valence-electron chi connectivity index (χ1n) is 5.11. The number of rotatable bonds is 5. The maximum atomic E-state index is 11.8. The molecule has 0 aliphatic rings. The van der Waals surface area contributed by atoms with Crippen molar-refractivity contribution in [2.45, 2.75) is 24.8 Å². The molecule has 1 aromatic carbocycles. The van der Waals surface area contributed by atoms with Gasteiger partial charge in [0.05, 0.1) is 11.5 Å². The van der Waals surface area contributed by atoms with Gasteiger partial charge in [-0.2, -0.15) is 0 Å². The van der Waals surface area contributed by atoms with Crippen molar-refractivity contribution in [3.8, 4) is 0 Å². The number of carbonyl (C=O) groups is 1. The van der Waals surface area contributed by atoms with Gasteiger partial charge in [0, 0.05) is 11.6 Å². The van der Waals surface area contributed by atoms with Crippen LogP contribution in [-0.2, 0) is 10.0 Å². The van der Waals surface area contributed by atoms with Crippen LogP contribution in [0.5, 0.6) is 0 Å². The molecule has 5 nitrogen and oxygen atoms in total. The van der Waals surface area contributed by atoms with E-state index in [-0.39, 0.29) is 17.3 Å². The van der Waals surface area contributed by atoms with E-state index in [1.807, 2.05) is 0 Å². The number of hydrogen-bond acceptors (Lipinski definition) is 4. The minimum atomic E-state index is -3.69. The fraction of sp³-hybridized carbons (Fsp3) is 0.364. The third-order valence-electron chi connectivity index (χ3n) is 2.18. The van der Waals surface area contributed by atoms with Crippen LogP contribution in [0.3, 0.4) is 0 Å². The van der Waals surface area contributed by atoms with E-state index in [1.165, 1.54) is 25.1 Å². The third kappa shape index (κ3) is 3.62. The van der Waals surface area contributed by atoms with Crippen LogP contribution in [0.25, 0.3) is 0 Å². The van der Waals surface area contributed by atoms with Gasteiger partial charge in [0.2, 0.25) is 10.0 Å². The predicted octanol–water partition coefficient (Wildman–Crippen LogP) is 0.548. The molecular weight excluding hydrogens is 242 g/mol. The molecule has 1 aromatic rings. The second-order valence-corrected chi connectivity index (χ2v) is 5.50. The molecule has 0 saturated heterocycles. The first kappa shape index (κ1) is 13.8. The van der Waals surface area contributed by atoms with Gasteiger partial charge in [0.15, 0.2) is 5.78 Å². The van der Waals surface area contributed by atoms with Gasteiger partial charge in [-0.05, 0) is 26.0 Å². The zero-order chi connectivity index (χ0) is 13.1. The molecule has 0 spiro atoms. The Morgan fingerprint density at radius 1 is 1.47 bits per heavy atom. The lowest BCUT2D eigenvalue weighted by Gasteiger charge is -2.11. The maximum Gasteiger partial charge on any atom is 0.240 e. The molecule has 0 aliphatic carbocycles. The highest BCUT2D eigenvalue weighted by Gasteiger charge is 2.17. The van der Waals surface area contributed by atoms with Crippen LogP contribution in [0.4, 0.5) is 0 Å². The van der Waals surface area contributed by atoms with Gasteiger partial charge in [0.1, 0.15) is 0 Å². The highest BCUT2D eigenvalue weighted by atomic mass is 32.2. The van der Waals surface area contributed by atoms with Gasteiger partial charge < -0.3 is 5.11 Å². The number of hydrogen-bond donors (Lipinski definition) is 2. The quantitative estimate of drug-likeness (QED) is 0.754. The number of ketones is 1. The molecule has 0 heterocycles. The van der Waals surface area contributed by atoms with E-state index in [0.29, 0.717) is 5.56 Å². The zero-order valence-corrected chi connectivity index (χ0v) is 10.5. The van der Waals surface area contributed by atoms with Crippen LogP contribution in [0.15, 0.2) is 29.2 Å². The molecule has 2 N–H and O–H groups in total. The molecule has 0 fully saturated rings. The molecule has 0 aliphatic heterocycles. The SMILES string of the molecule is CC(=O)c1cccc(S(=O)(=O)NC(C)CO)c1. The van der Waals surface area contributed by atoms with Crippen molar-refractivity contribution in [2.24, 2.45) is 0 Å². The van der Waals surface area contributed by atoms with E-state index in [4.69, 9.17) is 5.11 Å². The van der Waals surface area contributed by atoms with Crippen molar-refractivity contribution >= 4 is 15.8 Å². The van der Waals surface area contributed by atoms with Gasteiger partial charge in [0.25, 0.3) is 0 Å². The Kier molecular flexibility index (Phi) is 4.39. The van der Waals surface area contributed by atoms with Gasteiger partial charge in [-0.3, -0.25) is 4.79 Å². The summed E-state index contributed by atoms with van der Waals surface area (Å²) in [5, 5.41) is 8.81. The Morgan fingerprint density at radius 2 is 2.12 bits per heavy atom. The number of nitrogens with one attached hydrogen (secondary N) is 1. The van der Waals surface area contributed by atoms with Crippen LogP contribution in [0, 0.1) is 0 Å². The second kappa shape index (κ2) is 5.39. The van der Waals surface area contributed by atoms with Crippen molar-refractivity contribution < 1.29 is 18.3 Å². The summed E-state index contributed by atoms with van der Waals surface area (Å²) in [6.45, 7) is 2.63. The summed E-state index contributed by atoms with van der Waals surface area (Å²) < 4.78 is 26.0. The van der Waals surface area contributed by atoms with Crippen LogP contribution in [0.2, 0.25) is 0 Å². The van der Waals surface area contributed by atoms with Gasteiger partial charge in [-0.25, -0.2) is 13.1 Å². The average molecular weight is 257 g/mol. The Balaban J connectivity index is 3.07. The number of Topliss-reactive ketones (excluding diaryl/α,β-unsaturated/α-hetero) is 1. The highest BCUT2D eigenvalue weighted by molar-refractivity contribution is 7.89. The standard InChI is InChI=1S/C11H15NO4S/c1-8(7-13)12-17(15,16)11-5-3-4-10(6-11)9(2)14/h3-6,8,12-13H,7H2,1-2H3. The number of carbonyl (C=O) groups excluding carboxylic acids is 1. The molecule has 0 aromatic heterocycles. The first-order valence-corrected chi connectivity index (χ1v) is 6.59. The molecule has 1 atom stereocenters. The number of benzene rings is 1. The second-order valence-electron chi connectivity index (χ2n) is 3.79. The fourth-order valence-corrected chi connectivity index (χ4v) is 2.53.